The van der Waals surface area contributed by atoms with Gasteiger partial charge in [0, 0.05) is 23.3 Å². The number of carbonyl (C=O) groups excluding carboxylic acids is 1. The molecule has 110 valence electrons. The van der Waals surface area contributed by atoms with E-state index in [0.717, 1.165) is 11.3 Å². The quantitative estimate of drug-likeness (QED) is 0.776. The third kappa shape index (κ3) is 3.51. The molecule has 0 bridgehead atoms. The van der Waals surface area contributed by atoms with Gasteiger partial charge in [-0.15, -0.1) is 0 Å². The summed E-state index contributed by atoms with van der Waals surface area (Å²) < 4.78 is 0. The third-order valence-electron chi connectivity index (χ3n) is 3.05. The van der Waals surface area contributed by atoms with Crippen molar-refractivity contribution in [3.8, 4) is 0 Å². The van der Waals surface area contributed by atoms with Crippen molar-refractivity contribution in [2.24, 2.45) is 0 Å². The highest BCUT2D eigenvalue weighted by atomic mass is 35.5. The molecule has 0 saturated carbocycles. The highest BCUT2D eigenvalue weighted by molar-refractivity contribution is 6.30. The van der Waals surface area contributed by atoms with Crippen LogP contribution in [0.4, 0.5) is 5.82 Å². The van der Waals surface area contributed by atoms with Gasteiger partial charge in [-0.05, 0) is 35.9 Å². The second-order valence-electron chi connectivity index (χ2n) is 4.75. The van der Waals surface area contributed by atoms with Crippen LogP contribution < -0.4 is 5.32 Å². The maximum absolute atomic E-state index is 12.1. The summed E-state index contributed by atoms with van der Waals surface area (Å²) in [6.45, 7) is 0. The Labute approximate surface area is 132 Å². The molecule has 22 heavy (non-hydrogen) atoms. The summed E-state index contributed by atoms with van der Waals surface area (Å²) in [5, 5.41) is 10.3. The van der Waals surface area contributed by atoms with Crippen LogP contribution in [0.2, 0.25) is 5.02 Å². The first-order valence-corrected chi connectivity index (χ1v) is 7.09. The molecule has 0 aliphatic rings. The van der Waals surface area contributed by atoms with Gasteiger partial charge in [-0.25, -0.2) is 4.98 Å². The van der Waals surface area contributed by atoms with Crippen molar-refractivity contribution < 1.29 is 4.79 Å². The molecule has 1 aromatic carbocycles. The predicted molar refractivity (Wildman–Crippen MR) is 85.0 cm³/mol. The van der Waals surface area contributed by atoms with Gasteiger partial charge >= 0.3 is 0 Å². The van der Waals surface area contributed by atoms with E-state index >= 15 is 0 Å². The van der Waals surface area contributed by atoms with E-state index < -0.39 is 0 Å². The Morgan fingerprint density at radius 3 is 2.86 bits per heavy atom. The zero-order valence-electron chi connectivity index (χ0n) is 11.6. The second-order valence-corrected chi connectivity index (χ2v) is 5.19. The van der Waals surface area contributed by atoms with Gasteiger partial charge in [0.2, 0.25) is 0 Å². The van der Waals surface area contributed by atoms with Crippen LogP contribution in [0.1, 0.15) is 21.7 Å². The molecule has 5 nitrogen and oxygen atoms in total. The van der Waals surface area contributed by atoms with E-state index in [9.17, 15) is 4.79 Å². The highest BCUT2D eigenvalue weighted by Gasteiger charge is 2.11. The van der Waals surface area contributed by atoms with Crippen LogP contribution in [0.15, 0.2) is 54.7 Å². The topological polar surface area (TPSA) is 70.7 Å². The van der Waals surface area contributed by atoms with Crippen LogP contribution in [-0.4, -0.2) is 21.1 Å². The molecule has 2 N–H and O–H groups in total. The van der Waals surface area contributed by atoms with Crippen LogP contribution >= 0.6 is 11.6 Å². The normalized spacial score (nSPS) is 10.4. The van der Waals surface area contributed by atoms with Gasteiger partial charge in [0.25, 0.3) is 5.91 Å². The SMILES string of the molecule is O=C(Nc1ccccn1)c1cc(Cc2cccc(Cl)c2)[nH]n1. The number of hydrogen-bond donors (Lipinski definition) is 2. The predicted octanol–water partition coefficient (Wildman–Crippen LogP) is 3.30. The third-order valence-corrected chi connectivity index (χ3v) is 3.29. The molecule has 0 saturated heterocycles. The van der Waals surface area contributed by atoms with Crippen molar-refractivity contribution in [2.45, 2.75) is 6.42 Å². The molecule has 2 heterocycles. The van der Waals surface area contributed by atoms with E-state index in [-0.39, 0.29) is 5.91 Å². The fourth-order valence-electron chi connectivity index (χ4n) is 2.05. The van der Waals surface area contributed by atoms with E-state index in [2.05, 4.69) is 20.5 Å². The Hall–Kier alpha value is -2.66. The van der Waals surface area contributed by atoms with E-state index in [4.69, 9.17) is 11.6 Å². The monoisotopic (exact) mass is 312 g/mol. The first-order valence-electron chi connectivity index (χ1n) is 6.72. The molecular weight excluding hydrogens is 300 g/mol. The number of aromatic amines is 1. The van der Waals surface area contributed by atoms with Crippen molar-refractivity contribution in [3.05, 3.63) is 76.7 Å². The van der Waals surface area contributed by atoms with Gasteiger partial charge in [-0.1, -0.05) is 29.8 Å². The molecule has 0 aliphatic carbocycles. The minimum atomic E-state index is -0.299. The summed E-state index contributed by atoms with van der Waals surface area (Å²) in [4.78, 5) is 16.1. The van der Waals surface area contributed by atoms with E-state index in [1.807, 2.05) is 24.3 Å². The molecule has 0 aliphatic heterocycles. The maximum Gasteiger partial charge on any atom is 0.277 e. The minimum absolute atomic E-state index is 0.299. The second kappa shape index (κ2) is 6.41. The lowest BCUT2D eigenvalue weighted by atomic mass is 10.1. The summed E-state index contributed by atoms with van der Waals surface area (Å²) in [6, 6.07) is 14.6. The molecule has 6 heteroatoms. The number of amides is 1. The fourth-order valence-corrected chi connectivity index (χ4v) is 2.27. The van der Waals surface area contributed by atoms with Crippen LogP contribution in [0.5, 0.6) is 0 Å². The lowest BCUT2D eigenvalue weighted by molar-refractivity contribution is 0.102. The van der Waals surface area contributed by atoms with Crippen molar-refractivity contribution in [1.82, 2.24) is 15.2 Å². The number of carbonyl (C=O) groups is 1. The Morgan fingerprint density at radius 2 is 2.09 bits per heavy atom. The van der Waals surface area contributed by atoms with Gasteiger partial charge in [-0.2, -0.15) is 5.10 Å². The Morgan fingerprint density at radius 1 is 1.18 bits per heavy atom. The van der Waals surface area contributed by atoms with Crippen molar-refractivity contribution >= 4 is 23.3 Å². The number of hydrogen-bond acceptors (Lipinski definition) is 3. The standard InChI is InChI=1S/C16H13ClN4O/c17-12-5-3-4-11(8-12)9-13-10-14(21-20-13)16(22)19-15-6-1-2-7-18-15/h1-8,10H,9H2,(H,20,21)(H,18,19,22). The molecule has 0 fully saturated rings. The van der Waals surface area contributed by atoms with Gasteiger partial charge in [0.05, 0.1) is 0 Å². The molecule has 0 atom stereocenters. The number of rotatable bonds is 4. The van der Waals surface area contributed by atoms with Gasteiger partial charge in [-0.3, -0.25) is 9.89 Å². The summed E-state index contributed by atoms with van der Waals surface area (Å²) in [6.07, 6.45) is 2.25. The number of halogens is 1. The number of nitrogens with one attached hydrogen (secondary N) is 2. The van der Waals surface area contributed by atoms with E-state index in [1.54, 1.807) is 30.5 Å². The lowest BCUT2D eigenvalue weighted by Gasteiger charge is -2.00. The summed E-state index contributed by atoms with van der Waals surface area (Å²) in [5.41, 5.74) is 2.21. The van der Waals surface area contributed by atoms with Crippen molar-refractivity contribution in [1.29, 1.82) is 0 Å². The number of benzene rings is 1. The van der Waals surface area contributed by atoms with Crippen LogP contribution in [0, 0.1) is 0 Å². The number of nitrogens with zero attached hydrogens (tertiary/aromatic N) is 2. The first-order chi connectivity index (χ1) is 10.7. The molecular formula is C16H13ClN4O. The summed E-state index contributed by atoms with van der Waals surface area (Å²) >= 11 is 5.96. The molecule has 1 amide bonds. The number of anilines is 1. The van der Waals surface area contributed by atoms with E-state index in [0.29, 0.717) is 23.0 Å². The smallest absolute Gasteiger partial charge is 0.277 e. The van der Waals surface area contributed by atoms with Crippen molar-refractivity contribution in [3.63, 3.8) is 0 Å². The first kappa shape index (κ1) is 14.3. The van der Waals surface area contributed by atoms with Crippen LogP contribution in [-0.2, 0) is 6.42 Å². The molecule has 0 unspecified atom stereocenters. The van der Waals surface area contributed by atoms with E-state index in [1.165, 1.54) is 0 Å². The largest absolute Gasteiger partial charge is 0.305 e. The average Bonchev–Trinajstić information content (AvgIpc) is 2.97. The molecule has 3 rings (SSSR count). The number of H-pyrrole nitrogens is 1. The Bertz CT molecular complexity index is 786. The van der Waals surface area contributed by atoms with Crippen LogP contribution in [0.3, 0.4) is 0 Å². The zero-order chi connectivity index (χ0) is 15.4. The maximum atomic E-state index is 12.1. The molecule has 0 radical (unpaired) electrons. The summed E-state index contributed by atoms with van der Waals surface area (Å²) in [5.74, 6) is 0.194. The lowest BCUT2D eigenvalue weighted by Crippen LogP contribution is -2.13. The number of aromatic nitrogens is 3. The van der Waals surface area contributed by atoms with Gasteiger partial charge < -0.3 is 5.32 Å². The highest BCUT2D eigenvalue weighted by Crippen LogP contribution is 2.14. The average molecular weight is 313 g/mol. The molecule has 3 aromatic rings. The zero-order valence-corrected chi connectivity index (χ0v) is 12.3. The van der Waals surface area contributed by atoms with Gasteiger partial charge in [0.1, 0.15) is 5.82 Å². The molecule has 2 aromatic heterocycles. The van der Waals surface area contributed by atoms with Crippen LogP contribution in [0.25, 0.3) is 0 Å². The Balaban J connectivity index is 1.69. The fraction of sp³-hybridized carbons (Fsp3) is 0.0625. The minimum Gasteiger partial charge on any atom is -0.305 e. The molecule has 0 spiro atoms. The number of pyridine rings is 1. The van der Waals surface area contributed by atoms with Gasteiger partial charge in [0.15, 0.2) is 5.69 Å². The van der Waals surface area contributed by atoms with Crippen molar-refractivity contribution in [2.75, 3.05) is 5.32 Å². The Kier molecular flexibility index (Phi) is 4.16. The summed E-state index contributed by atoms with van der Waals surface area (Å²) in [7, 11) is 0.